The van der Waals surface area contributed by atoms with Crippen LogP contribution >= 0.6 is 0 Å². The Morgan fingerprint density at radius 3 is 0.368 bits per heavy atom. The molecular weight excluding hydrogens is 323 g/mol. The maximum Gasteiger partial charge on any atom is 0 e. The summed E-state index contributed by atoms with van der Waals surface area (Å²) < 4.78 is 0. The summed E-state index contributed by atoms with van der Waals surface area (Å²) in [5.74, 6) is 0. The van der Waals surface area contributed by atoms with Crippen LogP contribution in [-0.2, 0) is 45.5 Å². The summed E-state index contributed by atoms with van der Waals surface area (Å²) in [6.45, 7) is 3.00. The first-order chi connectivity index (χ1) is 8.49. The molecule has 0 atom stereocenters. The summed E-state index contributed by atoms with van der Waals surface area (Å²) >= 11 is 0. The van der Waals surface area contributed by atoms with Gasteiger partial charge in [-0.1, -0.05) is 38.8 Å². The second kappa shape index (κ2) is 284. The van der Waals surface area contributed by atoms with Gasteiger partial charge in [0.05, 0.1) is 0 Å². The Labute approximate surface area is 116 Å². The smallest absolute Gasteiger partial charge is 0 e. The molecule has 1 radical (unpaired) electrons. The molecule has 6 N–H and O–H groups in total. The Balaban J connectivity index is -0.0000000180. The molecule has 0 aromatic carbocycles. The van der Waals surface area contributed by atoms with Crippen molar-refractivity contribution in [3.63, 3.8) is 0 Å². The average molecular weight is 329 g/mol. The van der Waals surface area contributed by atoms with Gasteiger partial charge in [-0.2, -0.15) is 0 Å². The van der Waals surface area contributed by atoms with Crippen LogP contribution in [0.1, 0.15) is 0 Å². The molecule has 117 valence electrons. The molecule has 0 aromatic heterocycles. The van der Waals surface area contributed by atoms with Crippen LogP contribution in [0.15, 0.2) is 0 Å². The first-order valence-electron chi connectivity index (χ1n) is 2.57. The Morgan fingerprint density at radius 1 is 0.368 bits per heavy atom. The van der Waals surface area contributed by atoms with E-state index in [-0.39, 0.29) is 16.8 Å². The van der Waals surface area contributed by atoms with Crippen LogP contribution in [0.2, 0.25) is 0 Å². The largest absolute Gasteiger partial charge is 0.665 e. The van der Waals surface area contributed by atoms with E-state index in [1.165, 1.54) is 0 Å². The molecule has 0 unspecified atom stereocenters. The van der Waals surface area contributed by atoms with Crippen molar-refractivity contribution in [3.05, 3.63) is 0 Å². The van der Waals surface area contributed by atoms with Gasteiger partial charge in [0, 0.05) is 16.8 Å². The monoisotopic (exact) mass is 329 g/mol. The quantitative estimate of drug-likeness (QED) is 0.257. The van der Waals surface area contributed by atoms with Crippen molar-refractivity contribution in [2.75, 3.05) is 0 Å². The first kappa shape index (κ1) is 44.1. The molecule has 0 rings (SSSR count). The summed E-state index contributed by atoms with van der Waals surface area (Å²) in [5, 5.41) is 40.6. The van der Waals surface area contributed by atoms with Crippen molar-refractivity contribution < 1.29 is 76.2 Å². The van der Waals surface area contributed by atoms with E-state index in [9.17, 15) is 0 Å². The molecule has 12 nitrogen and oxygen atoms in total. The van der Waals surface area contributed by atoms with Crippen molar-refractivity contribution in [2.24, 2.45) is 0 Å². The van der Waals surface area contributed by atoms with Crippen molar-refractivity contribution >= 4 is 38.8 Å². The van der Waals surface area contributed by atoms with E-state index in [4.69, 9.17) is 59.4 Å². The van der Waals surface area contributed by atoms with Gasteiger partial charge >= 0.3 is 0 Å². The molecule has 0 heterocycles. The Hall–Kier alpha value is -2.67. The Kier molecular flexibility index (Phi) is 660. The van der Waals surface area contributed by atoms with Gasteiger partial charge in [0.2, 0.25) is 0 Å². The predicted octanol–water partition coefficient (Wildman–Crippen LogP) is -2.33. The van der Waals surface area contributed by atoms with Gasteiger partial charge in [-0.25, -0.2) is 0 Å². The molecule has 0 aromatic rings. The molecule has 0 saturated carbocycles. The fourth-order valence-electron chi connectivity index (χ4n) is 0. The normalized spacial score (nSPS) is 3.79. The van der Waals surface area contributed by atoms with E-state index in [2.05, 4.69) is 0 Å². The van der Waals surface area contributed by atoms with Crippen LogP contribution in [0.3, 0.4) is 0 Å². The molecule has 0 aliphatic rings. The van der Waals surface area contributed by atoms with E-state index in [0.717, 1.165) is 0 Å². The van der Waals surface area contributed by atoms with Gasteiger partial charge in [0.1, 0.15) is 0 Å². The Morgan fingerprint density at radius 2 is 0.368 bits per heavy atom. The summed E-state index contributed by atoms with van der Waals surface area (Å²) in [4.78, 5) is 49.4. The minimum atomic E-state index is 0. The minimum Gasteiger partial charge on any atom is -0.665 e. The van der Waals surface area contributed by atoms with Gasteiger partial charge in [0.15, 0.2) is 0 Å². The number of rotatable bonds is 0. The average Bonchev–Trinajstić information content (AvgIpc) is 2.23. The van der Waals surface area contributed by atoms with Crippen molar-refractivity contribution in [2.45, 2.75) is 0 Å². The number of aliphatic hydroxyl groups excluding tert-OH is 6. The molecular formula is C6H6CoO12-6. The first-order valence-corrected chi connectivity index (χ1v) is 2.57. The number of hydrogen-bond acceptors (Lipinski definition) is 6. The molecule has 0 fully saturated rings. The molecule has 19 heavy (non-hydrogen) atoms. The van der Waals surface area contributed by atoms with E-state index in [1.54, 1.807) is 0 Å². The van der Waals surface area contributed by atoms with Crippen molar-refractivity contribution in [1.82, 2.24) is 0 Å². The van der Waals surface area contributed by atoms with Crippen molar-refractivity contribution in [1.29, 1.82) is 0 Å². The molecule has 0 amide bonds. The minimum absolute atomic E-state index is 0. The molecule has 0 bridgehead atoms. The van der Waals surface area contributed by atoms with E-state index in [1.807, 2.05) is 0 Å². The number of hydrogen-bond donors (Lipinski definition) is 6. The third-order valence-corrected chi connectivity index (χ3v) is 0. The maximum atomic E-state index is 8.24. The van der Waals surface area contributed by atoms with Crippen LogP contribution in [0.5, 0.6) is 0 Å². The summed E-state index contributed by atoms with van der Waals surface area (Å²) in [6.07, 6.45) is 0. The van der Waals surface area contributed by atoms with Crippen LogP contribution < -0.4 is 0 Å². The zero-order valence-electron chi connectivity index (χ0n) is 8.47. The topological polar surface area (TPSA) is 224 Å². The zero-order chi connectivity index (χ0) is 16.2. The van der Waals surface area contributed by atoms with Crippen LogP contribution in [0, 0.1) is 0 Å². The molecule has 0 saturated heterocycles. The standard InChI is InChI=1S/6CHO2.Co/c6*2-1-3;/h6*(H,2,3);/q6*-1;. The zero-order valence-corrected chi connectivity index (χ0v) is 9.51. The van der Waals surface area contributed by atoms with E-state index < -0.39 is 0 Å². The van der Waals surface area contributed by atoms with Gasteiger partial charge in [-0.05, 0) is 0 Å². The van der Waals surface area contributed by atoms with E-state index in [0.29, 0.717) is 38.8 Å². The summed E-state index contributed by atoms with van der Waals surface area (Å²) in [5.41, 5.74) is 0. The fourth-order valence-corrected chi connectivity index (χ4v) is 0. The summed E-state index contributed by atoms with van der Waals surface area (Å²) in [6, 6.07) is 0. The molecule has 0 aliphatic carbocycles. The van der Waals surface area contributed by atoms with Crippen LogP contribution in [-0.4, -0.2) is 69.5 Å². The van der Waals surface area contributed by atoms with Crippen molar-refractivity contribution in [3.8, 4) is 0 Å². The van der Waals surface area contributed by atoms with Gasteiger partial charge in [-0.3, -0.25) is 0 Å². The van der Waals surface area contributed by atoms with Gasteiger partial charge in [-0.15, -0.1) is 0 Å². The third-order valence-electron chi connectivity index (χ3n) is 0. The van der Waals surface area contributed by atoms with E-state index >= 15 is 0 Å². The van der Waals surface area contributed by atoms with Gasteiger partial charge < -0.3 is 59.4 Å². The predicted molar refractivity (Wildman–Crippen MR) is 49.9 cm³/mol. The van der Waals surface area contributed by atoms with Crippen LogP contribution in [0.25, 0.3) is 0 Å². The SMILES string of the molecule is O=[C-]O.O=[C-]O.O=[C-]O.O=[C-]O.O=[C-]O.O=[C-]O.[Co]. The van der Waals surface area contributed by atoms with Gasteiger partial charge in [0.25, 0.3) is 0 Å². The molecule has 0 aliphatic heterocycles. The molecule has 13 heteroatoms. The Bertz CT molecular complexity index is 114. The third kappa shape index (κ3) is 381. The molecule has 0 spiro atoms. The summed E-state index contributed by atoms with van der Waals surface area (Å²) in [7, 11) is 0. The van der Waals surface area contributed by atoms with Crippen LogP contribution in [0.4, 0.5) is 0 Å². The second-order valence-corrected chi connectivity index (χ2v) is 0.548. The second-order valence-electron chi connectivity index (χ2n) is 0.548. The fraction of sp³-hybridized carbons (Fsp3) is 0. The maximum absolute atomic E-state index is 8.24.